The molecular weight excluding hydrogens is 176 g/mol. The van der Waals surface area contributed by atoms with Crippen LogP contribution in [0, 0.1) is 5.92 Å². The lowest BCUT2D eigenvalue weighted by molar-refractivity contribution is 0.378. The topological polar surface area (TPSA) is 56.7 Å². The largest absolute Gasteiger partial charge is 0.319 e. The van der Waals surface area contributed by atoms with Crippen LogP contribution in [0.5, 0.6) is 0 Å². The minimum Gasteiger partial charge on any atom is -0.319 e. The highest BCUT2D eigenvalue weighted by Gasteiger charge is 2.42. The lowest BCUT2D eigenvalue weighted by Gasteiger charge is -2.23. The average molecular weight is 194 g/mol. The lowest BCUT2D eigenvalue weighted by atomic mass is 9.96. The highest BCUT2D eigenvalue weighted by molar-refractivity contribution is 5.09. The molecule has 0 aromatic carbocycles. The van der Waals surface area contributed by atoms with Crippen LogP contribution in [0.3, 0.4) is 0 Å². The molecule has 0 spiro atoms. The van der Waals surface area contributed by atoms with Crippen molar-refractivity contribution in [2.45, 2.75) is 45.2 Å². The minimum absolute atomic E-state index is 0.286. The average Bonchev–Trinajstić information content (AvgIpc) is 2.88. The maximum Gasteiger partial charge on any atom is 0.152 e. The van der Waals surface area contributed by atoms with Crippen LogP contribution in [0.1, 0.15) is 38.9 Å². The van der Waals surface area contributed by atoms with Gasteiger partial charge in [0.05, 0.1) is 5.54 Å². The minimum atomic E-state index is -0.286. The summed E-state index contributed by atoms with van der Waals surface area (Å²) in [6.45, 7) is 5.18. The van der Waals surface area contributed by atoms with Gasteiger partial charge in [-0.2, -0.15) is 0 Å². The fourth-order valence-corrected chi connectivity index (χ4v) is 1.94. The summed E-state index contributed by atoms with van der Waals surface area (Å²) < 4.78 is 2.08. The van der Waals surface area contributed by atoms with Gasteiger partial charge in [-0.15, -0.1) is 10.2 Å². The SMILES string of the molecule is CCCn1cnnc1C(C)(N)C1CC1. The first-order valence-corrected chi connectivity index (χ1v) is 5.33. The van der Waals surface area contributed by atoms with Crippen molar-refractivity contribution in [1.29, 1.82) is 0 Å². The molecule has 14 heavy (non-hydrogen) atoms. The maximum atomic E-state index is 6.30. The Hall–Kier alpha value is -0.900. The predicted molar refractivity (Wildman–Crippen MR) is 54.6 cm³/mol. The Kier molecular flexibility index (Phi) is 2.31. The monoisotopic (exact) mass is 194 g/mol. The van der Waals surface area contributed by atoms with Gasteiger partial charge in [0, 0.05) is 6.54 Å². The summed E-state index contributed by atoms with van der Waals surface area (Å²) in [7, 11) is 0. The number of hydrogen-bond donors (Lipinski definition) is 1. The Labute approximate surface area is 84.5 Å². The second-order valence-electron chi connectivity index (χ2n) is 4.40. The maximum absolute atomic E-state index is 6.30. The molecule has 2 N–H and O–H groups in total. The second kappa shape index (κ2) is 3.35. The summed E-state index contributed by atoms with van der Waals surface area (Å²) in [5, 5.41) is 8.11. The van der Waals surface area contributed by atoms with E-state index in [9.17, 15) is 0 Å². The van der Waals surface area contributed by atoms with Gasteiger partial charge in [-0.3, -0.25) is 0 Å². The second-order valence-corrected chi connectivity index (χ2v) is 4.40. The summed E-state index contributed by atoms with van der Waals surface area (Å²) in [4.78, 5) is 0. The van der Waals surface area contributed by atoms with Gasteiger partial charge in [0.15, 0.2) is 5.82 Å². The van der Waals surface area contributed by atoms with Crippen molar-refractivity contribution in [2.75, 3.05) is 0 Å². The highest BCUT2D eigenvalue weighted by Crippen LogP contribution is 2.42. The van der Waals surface area contributed by atoms with E-state index in [-0.39, 0.29) is 5.54 Å². The summed E-state index contributed by atoms with van der Waals surface area (Å²) >= 11 is 0. The van der Waals surface area contributed by atoms with Crippen molar-refractivity contribution in [3.05, 3.63) is 12.2 Å². The fraction of sp³-hybridized carbons (Fsp3) is 0.800. The Morgan fingerprint density at radius 2 is 2.36 bits per heavy atom. The van der Waals surface area contributed by atoms with Gasteiger partial charge in [0.25, 0.3) is 0 Å². The van der Waals surface area contributed by atoms with E-state index in [2.05, 4.69) is 28.6 Å². The van der Waals surface area contributed by atoms with Gasteiger partial charge in [0.2, 0.25) is 0 Å². The van der Waals surface area contributed by atoms with E-state index in [1.165, 1.54) is 12.8 Å². The molecule has 0 amide bonds. The molecule has 0 radical (unpaired) electrons. The van der Waals surface area contributed by atoms with Crippen molar-refractivity contribution >= 4 is 0 Å². The van der Waals surface area contributed by atoms with Crippen molar-refractivity contribution in [1.82, 2.24) is 14.8 Å². The van der Waals surface area contributed by atoms with Crippen molar-refractivity contribution in [2.24, 2.45) is 11.7 Å². The van der Waals surface area contributed by atoms with Crippen LogP contribution in [0.25, 0.3) is 0 Å². The third kappa shape index (κ3) is 1.54. The highest BCUT2D eigenvalue weighted by atomic mass is 15.3. The molecule has 1 unspecified atom stereocenters. The molecule has 0 aliphatic heterocycles. The first-order chi connectivity index (χ1) is 6.66. The van der Waals surface area contributed by atoms with Crippen LogP contribution in [0.4, 0.5) is 0 Å². The first-order valence-electron chi connectivity index (χ1n) is 5.33. The third-order valence-electron chi connectivity index (χ3n) is 2.99. The molecule has 0 bridgehead atoms. The molecular formula is C10H18N4. The van der Waals surface area contributed by atoms with Crippen LogP contribution in [-0.2, 0) is 12.1 Å². The van der Waals surface area contributed by atoms with Crippen molar-refractivity contribution in [3.63, 3.8) is 0 Å². The third-order valence-corrected chi connectivity index (χ3v) is 2.99. The van der Waals surface area contributed by atoms with E-state index in [1.54, 1.807) is 6.33 Å². The quantitative estimate of drug-likeness (QED) is 0.785. The normalized spacial score (nSPS) is 20.8. The zero-order chi connectivity index (χ0) is 10.2. The molecule has 1 atom stereocenters. The number of rotatable bonds is 4. The Morgan fingerprint density at radius 1 is 1.64 bits per heavy atom. The number of aryl methyl sites for hydroxylation is 1. The molecule has 1 saturated carbocycles. The lowest BCUT2D eigenvalue weighted by Crippen LogP contribution is -2.38. The van der Waals surface area contributed by atoms with Crippen LogP contribution >= 0.6 is 0 Å². The molecule has 1 fully saturated rings. The van der Waals surface area contributed by atoms with Crippen molar-refractivity contribution in [3.8, 4) is 0 Å². The number of aromatic nitrogens is 3. The zero-order valence-corrected chi connectivity index (χ0v) is 8.90. The number of hydrogen-bond acceptors (Lipinski definition) is 3. The number of nitrogens with zero attached hydrogens (tertiary/aromatic N) is 3. The Bertz CT molecular complexity index is 312. The van der Waals surface area contributed by atoms with Crippen LogP contribution < -0.4 is 5.73 Å². The molecule has 1 aromatic heterocycles. The smallest absolute Gasteiger partial charge is 0.152 e. The molecule has 1 heterocycles. The molecule has 1 aliphatic carbocycles. The predicted octanol–water partition coefficient (Wildman–Crippen LogP) is 1.27. The van der Waals surface area contributed by atoms with Crippen LogP contribution in [0.15, 0.2) is 6.33 Å². The van der Waals surface area contributed by atoms with Crippen LogP contribution in [0.2, 0.25) is 0 Å². The van der Waals surface area contributed by atoms with Gasteiger partial charge >= 0.3 is 0 Å². The number of nitrogens with two attached hydrogens (primary N) is 1. The molecule has 1 aromatic rings. The van der Waals surface area contributed by atoms with Crippen LogP contribution in [-0.4, -0.2) is 14.8 Å². The van der Waals surface area contributed by atoms with E-state index >= 15 is 0 Å². The fourth-order valence-electron chi connectivity index (χ4n) is 1.94. The summed E-state index contributed by atoms with van der Waals surface area (Å²) in [5.41, 5.74) is 6.01. The van der Waals surface area contributed by atoms with E-state index in [0.29, 0.717) is 5.92 Å². The molecule has 2 rings (SSSR count). The standard InChI is InChI=1S/C10H18N4/c1-3-6-14-7-12-13-9(14)10(2,11)8-4-5-8/h7-8H,3-6,11H2,1-2H3. The molecule has 1 aliphatic rings. The van der Waals surface area contributed by atoms with E-state index in [1.807, 2.05) is 0 Å². The van der Waals surface area contributed by atoms with E-state index < -0.39 is 0 Å². The summed E-state index contributed by atoms with van der Waals surface area (Å²) in [5.74, 6) is 1.55. The van der Waals surface area contributed by atoms with Gasteiger partial charge in [-0.05, 0) is 32.1 Å². The molecule has 78 valence electrons. The van der Waals surface area contributed by atoms with Crippen molar-refractivity contribution < 1.29 is 0 Å². The van der Waals surface area contributed by atoms with Gasteiger partial charge < -0.3 is 10.3 Å². The van der Waals surface area contributed by atoms with E-state index in [4.69, 9.17) is 5.73 Å². The Balaban J connectivity index is 2.25. The first kappa shape index (κ1) is 9.65. The molecule has 0 saturated heterocycles. The molecule has 4 heteroatoms. The van der Waals surface area contributed by atoms with Gasteiger partial charge in [-0.1, -0.05) is 6.92 Å². The van der Waals surface area contributed by atoms with E-state index in [0.717, 1.165) is 18.8 Å². The van der Waals surface area contributed by atoms with Gasteiger partial charge in [-0.25, -0.2) is 0 Å². The summed E-state index contributed by atoms with van der Waals surface area (Å²) in [6, 6.07) is 0. The Morgan fingerprint density at radius 3 is 2.93 bits per heavy atom. The zero-order valence-electron chi connectivity index (χ0n) is 8.90. The van der Waals surface area contributed by atoms with Gasteiger partial charge in [0.1, 0.15) is 6.33 Å². The molecule has 4 nitrogen and oxygen atoms in total. The summed E-state index contributed by atoms with van der Waals surface area (Å²) in [6.07, 6.45) is 5.33.